The van der Waals surface area contributed by atoms with Crippen molar-refractivity contribution in [3.8, 4) is 28.4 Å². The zero-order valence-electron chi connectivity index (χ0n) is 17.3. The largest absolute Gasteiger partial charge is 0.434 e. The van der Waals surface area contributed by atoms with Gasteiger partial charge in [0.1, 0.15) is 0 Å². The van der Waals surface area contributed by atoms with Crippen molar-refractivity contribution >= 4 is 29.0 Å². The summed E-state index contributed by atoms with van der Waals surface area (Å²) in [6.07, 6.45) is 0. The SMILES string of the molecule is Cc1ccc(-c2cc(=O)[nH]nc2Oc2c(Cl)cc(-n3nc(N)c(=O)[nH]c3=O)cc2Cl)cc1C. The Morgan fingerprint density at radius 3 is 2.36 bits per heavy atom. The zero-order chi connectivity index (χ0) is 23.9. The first-order valence-corrected chi connectivity index (χ1v) is 10.2. The Balaban J connectivity index is 1.79. The number of H-pyrrole nitrogens is 2. The van der Waals surface area contributed by atoms with Crippen LogP contribution in [-0.4, -0.2) is 25.0 Å². The topological polar surface area (TPSA) is 149 Å². The molecule has 0 atom stereocenters. The number of hydrogen-bond acceptors (Lipinski definition) is 7. The number of rotatable bonds is 4. The summed E-state index contributed by atoms with van der Waals surface area (Å²) in [5, 5.41) is 10.1. The van der Waals surface area contributed by atoms with Gasteiger partial charge in [0, 0.05) is 6.07 Å². The van der Waals surface area contributed by atoms with E-state index >= 15 is 0 Å². The van der Waals surface area contributed by atoms with Crippen LogP contribution in [0.15, 0.2) is 50.8 Å². The lowest BCUT2D eigenvalue weighted by atomic mass is 10.0. The van der Waals surface area contributed by atoms with E-state index in [9.17, 15) is 14.4 Å². The molecule has 0 spiro atoms. The van der Waals surface area contributed by atoms with Crippen LogP contribution < -0.4 is 27.3 Å². The summed E-state index contributed by atoms with van der Waals surface area (Å²) >= 11 is 12.8. The molecule has 33 heavy (non-hydrogen) atoms. The fourth-order valence-electron chi connectivity index (χ4n) is 3.04. The Morgan fingerprint density at radius 1 is 1.00 bits per heavy atom. The van der Waals surface area contributed by atoms with Gasteiger partial charge in [-0.3, -0.25) is 14.6 Å². The van der Waals surface area contributed by atoms with E-state index < -0.39 is 22.6 Å². The Kier molecular flexibility index (Phi) is 5.79. The number of aromatic nitrogens is 5. The number of halogens is 2. The van der Waals surface area contributed by atoms with E-state index in [0.29, 0.717) is 5.56 Å². The molecular formula is C21H16Cl2N6O4. The molecule has 0 aliphatic rings. The molecule has 0 fully saturated rings. The minimum atomic E-state index is -0.825. The number of benzene rings is 2. The van der Waals surface area contributed by atoms with E-state index in [2.05, 4.69) is 15.3 Å². The Labute approximate surface area is 195 Å². The van der Waals surface area contributed by atoms with Crippen LogP contribution in [0.1, 0.15) is 11.1 Å². The lowest BCUT2D eigenvalue weighted by Crippen LogP contribution is -2.33. The number of nitrogens with zero attached hydrogens (tertiary/aromatic N) is 3. The van der Waals surface area contributed by atoms with Gasteiger partial charge in [0.05, 0.1) is 21.3 Å². The summed E-state index contributed by atoms with van der Waals surface area (Å²) in [6, 6.07) is 9.74. The highest BCUT2D eigenvalue weighted by atomic mass is 35.5. The fourth-order valence-corrected chi connectivity index (χ4v) is 3.59. The number of nitrogen functional groups attached to an aromatic ring is 1. The van der Waals surface area contributed by atoms with Crippen molar-refractivity contribution < 1.29 is 4.74 Å². The minimum absolute atomic E-state index is 0.0232. The van der Waals surface area contributed by atoms with Gasteiger partial charge >= 0.3 is 5.69 Å². The maximum absolute atomic E-state index is 12.1. The molecule has 0 radical (unpaired) electrons. The third kappa shape index (κ3) is 4.38. The van der Waals surface area contributed by atoms with Crippen molar-refractivity contribution in [3.05, 3.63) is 88.8 Å². The summed E-state index contributed by atoms with van der Waals surface area (Å²) < 4.78 is 6.72. The predicted octanol–water partition coefficient (Wildman–Crippen LogP) is 2.97. The molecule has 168 valence electrons. The van der Waals surface area contributed by atoms with Gasteiger partial charge in [-0.05, 0) is 42.7 Å². The number of aromatic amines is 2. The normalized spacial score (nSPS) is 10.9. The van der Waals surface area contributed by atoms with Gasteiger partial charge in [0.15, 0.2) is 5.75 Å². The highest BCUT2D eigenvalue weighted by molar-refractivity contribution is 6.37. The molecule has 0 saturated carbocycles. The molecule has 4 aromatic rings. The number of hydrogen-bond donors (Lipinski definition) is 3. The van der Waals surface area contributed by atoms with E-state index in [-0.39, 0.29) is 27.4 Å². The van der Waals surface area contributed by atoms with Gasteiger partial charge in [0.25, 0.3) is 11.1 Å². The zero-order valence-corrected chi connectivity index (χ0v) is 18.8. The second-order valence-corrected chi connectivity index (χ2v) is 7.96. The van der Waals surface area contributed by atoms with Gasteiger partial charge < -0.3 is 10.5 Å². The first kappa shape index (κ1) is 22.3. The van der Waals surface area contributed by atoms with E-state index in [1.807, 2.05) is 37.0 Å². The molecule has 10 nitrogen and oxygen atoms in total. The Hall–Kier alpha value is -3.89. The minimum Gasteiger partial charge on any atom is -0.434 e. The van der Waals surface area contributed by atoms with Crippen molar-refractivity contribution in [2.45, 2.75) is 13.8 Å². The summed E-state index contributed by atoms with van der Waals surface area (Å²) in [5.41, 5.74) is 6.87. The molecule has 0 bridgehead atoms. The monoisotopic (exact) mass is 486 g/mol. The van der Waals surface area contributed by atoms with E-state index in [1.165, 1.54) is 18.2 Å². The smallest absolute Gasteiger partial charge is 0.349 e. The molecule has 2 aromatic heterocycles. The van der Waals surface area contributed by atoms with Gasteiger partial charge in [-0.25, -0.2) is 9.89 Å². The van der Waals surface area contributed by atoms with Gasteiger partial charge in [-0.15, -0.1) is 10.2 Å². The van der Waals surface area contributed by atoms with Crippen molar-refractivity contribution in [3.63, 3.8) is 0 Å². The molecular weight excluding hydrogens is 471 g/mol. The van der Waals surface area contributed by atoms with Crippen LogP contribution in [0.5, 0.6) is 11.6 Å². The number of nitrogens with one attached hydrogen (secondary N) is 2. The van der Waals surface area contributed by atoms with Crippen LogP contribution in [0.25, 0.3) is 16.8 Å². The average molecular weight is 487 g/mol. The number of ether oxygens (including phenoxy) is 1. The maximum atomic E-state index is 12.1. The van der Waals surface area contributed by atoms with Crippen LogP contribution in [0.3, 0.4) is 0 Å². The summed E-state index contributed by atoms with van der Waals surface area (Å²) in [7, 11) is 0. The van der Waals surface area contributed by atoms with Crippen LogP contribution >= 0.6 is 23.2 Å². The van der Waals surface area contributed by atoms with Gasteiger partial charge in [-0.2, -0.15) is 4.68 Å². The molecule has 4 rings (SSSR count). The quantitative estimate of drug-likeness (QED) is 0.401. The van der Waals surface area contributed by atoms with Crippen LogP contribution in [-0.2, 0) is 0 Å². The maximum Gasteiger partial charge on any atom is 0.349 e. The molecule has 0 unspecified atom stereocenters. The fraction of sp³-hybridized carbons (Fsp3) is 0.0952. The molecule has 12 heteroatoms. The molecule has 0 amide bonds. The van der Waals surface area contributed by atoms with E-state index in [1.54, 1.807) is 0 Å². The average Bonchev–Trinajstić information content (AvgIpc) is 2.76. The van der Waals surface area contributed by atoms with Crippen molar-refractivity contribution in [2.75, 3.05) is 5.73 Å². The van der Waals surface area contributed by atoms with Crippen LogP contribution in [0.2, 0.25) is 10.0 Å². The van der Waals surface area contributed by atoms with Crippen LogP contribution in [0, 0.1) is 13.8 Å². The highest BCUT2D eigenvalue weighted by Crippen LogP contribution is 2.40. The number of nitrogens with two attached hydrogens (primary N) is 1. The number of aryl methyl sites for hydroxylation is 2. The second-order valence-electron chi connectivity index (χ2n) is 7.15. The summed E-state index contributed by atoms with van der Waals surface area (Å²) in [5.74, 6) is -0.298. The molecule has 2 aromatic carbocycles. The van der Waals surface area contributed by atoms with E-state index in [0.717, 1.165) is 21.4 Å². The first-order chi connectivity index (χ1) is 15.6. The lowest BCUT2D eigenvalue weighted by molar-refractivity contribution is 0.456. The molecule has 0 aliphatic heterocycles. The molecule has 0 saturated heterocycles. The second kappa shape index (κ2) is 8.57. The Morgan fingerprint density at radius 2 is 1.70 bits per heavy atom. The lowest BCUT2D eigenvalue weighted by Gasteiger charge is -2.14. The van der Waals surface area contributed by atoms with Crippen LogP contribution in [0.4, 0.5) is 5.82 Å². The Bertz CT molecular complexity index is 1550. The van der Waals surface area contributed by atoms with E-state index in [4.69, 9.17) is 33.7 Å². The summed E-state index contributed by atoms with van der Waals surface area (Å²) in [4.78, 5) is 37.6. The van der Waals surface area contributed by atoms with Crippen molar-refractivity contribution in [1.82, 2.24) is 25.0 Å². The predicted molar refractivity (Wildman–Crippen MR) is 125 cm³/mol. The number of anilines is 1. The molecule has 4 N–H and O–H groups in total. The standard InChI is InChI=1S/C21H16Cl2N6O4/c1-9-3-4-11(5-10(9)2)13-8-16(30)26-27-20(13)33-17-14(22)6-12(7-15(17)23)29-21(32)25-19(31)18(24)28-29/h3-8H,1-2H3,(H2,24,28)(H,26,30)(H,25,31,32). The molecule has 0 aliphatic carbocycles. The third-order valence-electron chi connectivity index (χ3n) is 4.87. The summed E-state index contributed by atoms with van der Waals surface area (Å²) in [6.45, 7) is 3.93. The highest BCUT2D eigenvalue weighted by Gasteiger charge is 2.18. The molecule has 2 heterocycles. The first-order valence-electron chi connectivity index (χ1n) is 9.48. The third-order valence-corrected chi connectivity index (χ3v) is 5.43. The van der Waals surface area contributed by atoms with Crippen molar-refractivity contribution in [2.24, 2.45) is 0 Å². The van der Waals surface area contributed by atoms with Gasteiger partial charge in [0.2, 0.25) is 11.7 Å². The van der Waals surface area contributed by atoms with Crippen molar-refractivity contribution in [1.29, 1.82) is 0 Å². The van der Waals surface area contributed by atoms with Gasteiger partial charge in [-0.1, -0.05) is 41.4 Å².